The van der Waals surface area contributed by atoms with Gasteiger partial charge in [0, 0.05) is 37.4 Å². The summed E-state index contributed by atoms with van der Waals surface area (Å²) in [5, 5.41) is 0.797. The van der Waals surface area contributed by atoms with Gasteiger partial charge in [0.15, 0.2) is 0 Å². The van der Waals surface area contributed by atoms with Crippen LogP contribution < -0.4 is 10.5 Å². The Kier molecular flexibility index (Phi) is 4.52. The Hall–Kier alpha value is -3.19. The smallest absolute Gasteiger partial charge is 0.347 e. The second-order valence-electron chi connectivity index (χ2n) is 7.38. The van der Waals surface area contributed by atoms with Crippen LogP contribution in [-0.2, 0) is 0 Å². The Morgan fingerprint density at radius 2 is 2.00 bits per heavy atom. The highest BCUT2D eigenvalue weighted by Gasteiger charge is 2.17. The third-order valence-corrected chi connectivity index (χ3v) is 5.58. The summed E-state index contributed by atoms with van der Waals surface area (Å²) in [5.41, 5.74) is 1.79. The van der Waals surface area contributed by atoms with E-state index in [1.165, 1.54) is 0 Å². The Bertz CT molecular complexity index is 1200. The number of hydrogen-bond acceptors (Lipinski definition) is 6. The summed E-state index contributed by atoms with van der Waals surface area (Å²) in [7, 11) is 0. The number of nitrogens with zero attached hydrogens (tertiary/aromatic N) is 5. The van der Waals surface area contributed by atoms with E-state index in [0.29, 0.717) is 17.0 Å². The average molecular weight is 389 g/mol. The van der Waals surface area contributed by atoms with Gasteiger partial charge in [-0.25, -0.2) is 9.78 Å². The molecule has 7 heteroatoms. The summed E-state index contributed by atoms with van der Waals surface area (Å²) in [5.74, 6) is 0.860. The minimum absolute atomic E-state index is 0.372. The van der Waals surface area contributed by atoms with E-state index >= 15 is 0 Å². The fourth-order valence-corrected chi connectivity index (χ4v) is 3.93. The van der Waals surface area contributed by atoms with Crippen molar-refractivity contribution in [2.45, 2.75) is 13.3 Å². The first-order valence-corrected chi connectivity index (χ1v) is 10.1. The molecule has 0 N–H and O–H groups in total. The molecular formula is C22H23N5O2. The molecule has 5 heterocycles. The van der Waals surface area contributed by atoms with Gasteiger partial charge in [0.2, 0.25) is 5.71 Å². The van der Waals surface area contributed by atoms with Crippen molar-refractivity contribution >= 4 is 22.6 Å². The van der Waals surface area contributed by atoms with Crippen molar-refractivity contribution in [3.05, 3.63) is 59.2 Å². The number of imidazole rings is 1. The molecule has 0 radical (unpaired) electrons. The predicted molar refractivity (Wildman–Crippen MR) is 113 cm³/mol. The maximum absolute atomic E-state index is 12.7. The van der Waals surface area contributed by atoms with Gasteiger partial charge in [-0.15, -0.1) is 0 Å². The molecule has 0 aromatic carbocycles. The molecule has 1 saturated heterocycles. The maximum atomic E-state index is 12.7. The SMILES string of the molecule is CCN1CCCN(c2ccc3cc(-c4cn5ccccc5n4)c(=O)oc3n2)CC1. The van der Waals surface area contributed by atoms with Gasteiger partial charge in [-0.2, -0.15) is 4.98 Å². The Morgan fingerprint density at radius 3 is 2.86 bits per heavy atom. The molecule has 1 aliphatic heterocycles. The summed E-state index contributed by atoms with van der Waals surface area (Å²) in [6.45, 7) is 7.28. The Labute approximate surface area is 168 Å². The van der Waals surface area contributed by atoms with Crippen LogP contribution in [-0.4, -0.2) is 52.0 Å². The monoisotopic (exact) mass is 389 g/mol. The number of rotatable bonds is 3. The highest BCUT2D eigenvalue weighted by atomic mass is 16.4. The van der Waals surface area contributed by atoms with Gasteiger partial charge in [-0.3, -0.25) is 0 Å². The third kappa shape index (κ3) is 3.38. The minimum atomic E-state index is -0.418. The lowest BCUT2D eigenvalue weighted by Gasteiger charge is -2.22. The quantitative estimate of drug-likeness (QED) is 0.537. The van der Waals surface area contributed by atoms with Crippen LogP contribution in [0.25, 0.3) is 28.0 Å². The molecule has 0 spiro atoms. The van der Waals surface area contributed by atoms with Crippen LogP contribution >= 0.6 is 0 Å². The van der Waals surface area contributed by atoms with Gasteiger partial charge in [-0.05, 0) is 49.8 Å². The highest BCUT2D eigenvalue weighted by Crippen LogP contribution is 2.23. The largest absolute Gasteiger partial charge is 0.403 e. The van der Waals surface area contributed by atoms with Gasteiger partial charge >= 0.3 is 5.63 Å². The van der Waals surface area contributed by atoms with E-state index in [2.05, 4.69) is 26.7 Å². The van der Waals surface area contributed by atoms with Crippen LogP contribution in [0.15, 0.2) is 58.0 Å². The van der Waals surface area contributed by atoms with Gasteiger partial charge in [0.1, 0.15) is 11.5 Å². The number of anilines is 1. The average Bonchev–Trinajstić information content (AvgIpc) is 3.02. The molecule has 0 atom stereocenters. The normalized spacial score (nSPS) is 15.8. The van der Waals surface area contributed by atoms with Crippen LogP contribution in [0.2, 0.25) is 0 Å². The van der Waals surface area contributed by atoms with E-state index in [1.54, 1.807) is 0 Å². The zero-order valence-electron chi connectivity index (χ0n) is 16.4. The first kappa shape index (κ1) is 17.9. The lowest BCUT2D eigenvalue weighted by Crippen LogP contribution is -2.31. The van der Waals surface area contributed by atoms with Crippen molar-refractivity contribution in [1.82, 2.24) is 19.3 Å². The predicted octanol–water partition coefficient (Wildman–Crippen LogP) is 3.03. The van der Waals surface area contributed by atoms with E-state index in [4.69, 9.17) is 4.42 Å². The van der Waals surface area contributed by atoms with Crippen molar-refractivity contribution < 1.29 is 4.42 Å². The molecule has 1 aliphatic rings. The van der Waals surface area contributed by atoms with Crippen LogP contribution in [0.1, 0.15) is 13.3 Å². The van der Waals surface area contributed by atoms with E-state index in [1.807, 2.05) is 53.2 Å². The summed E-state index contributed by atoms with van der Waals surface area (Å²) in [6, 6.07) is 11.6. The van der Waals surface area contributed by atoms with E-state index < -0.39 is 5.63 Å². The number of likely N-dealkylation sites (N-methyl/N-ethyl adjacent to an activating group) is 1. The van der Waals surface area contributed by atoms with Crippen LogP contribution in [0.5, 0.6) is 0 Å². The summed E-state index contributed by atoms with van der Waals surface area (Å²) in [6.07, 6.45) is 4.85. The molecule has 0 aliphatic carbocycles. The Morgan fingerprint density at radius 1 is 1.07 bits per heavy atom. The molecule has 0 bridgehead atoms. The molecule has 0 amide bonds. The number of aromatic nitrogens is 3. The minimum Gasteiger partial charge on any atom is -0.403 e. The topological polar surface area (TPSA) is 66.9 Å². The lowest BCUT2D eigenvalue weighted by molar-refractivity contribution is 0.310. The van der Waals surface area contributed by atoms with Crippen molar-refractivity contribution in [2.24, 2.45) is 0 Å². The van der Waals surface area contributed by atoms with Gasteiger partial charge < -0.3 is 18.6 Å². The first-order valence-electron chi connectivity index (χ1n) is 10.1. The van der Waals surface area contributed by atoms with Crippen LogP contribution in [0.3, 0.4) is 0 Å². The van der Waals surface area contributed by atoms with Crippen LogP contribution in [0, 0.1) is 0 Å². The molecule has 7 nitrogen and oxygen atoms in total. The van der Waals surface area contributed by atoms with Crippen molar-refractivity contribution in [3.8, 4) is 11.3 Å². The third-order valence-electron chi connectivity index (χ3n) is 5.58. The van der Waals surface area contributed by atoms with Crippen LogP contribution in [0.4, 0.5) is 5.82 Å². The molecular weight excluding hydrogens is 366 g/mol. The van der Waals surface area contributed by atoms with Gasteiger partial charge in [-0.1, -0.05) is 13.0 Å². The lowest BCUT2D eigenvalue weighted by atomic mass is 10.2. The zero-order valence-corrected chi connectivity index (χ0v) is 16.4. The number of hydrogen-bond donors (Lipinski definition) is 0. The molecule has 0 saturated carbocycles. The van der Waals surface area contributed by atoms with Crippen molar-refractivity contribution in [1.29, 1.82) is 0 Å². The highest BCUT2D eigenvalue weighted by molar-refractivity contribution is 5.80. The van der Waals surface area contributed by atoms with E-state index in [9.17, 15) is 4.79 Å². The second-order valence-corrected chi connectivity index (χ2v) is 7.38. The zero-order chi connectivity index (χ0) is 19.8. The Balaban J connectivity index is 1.50. The number of pyridine rings is 2. The molecule has 29 heavy (non-hydrogen) atoms. The molecule has 4 aromatic rings. The fourth-order valence-electron chi connectivity index (χ4n) is 3.93. The van der Waals surface area contributed by atoms with Crippen molar-refractivity contribution in [2.75, 3.05) is 37.6 Å². The number of fused-ring (bicyclic) bond motifs is 2. The van der Waals surface area contributed by atoms with E-state index in [-0.39, 0.29) is 0 Å². The van der Waals surface area contributed by atoms with Gasteiger partial charge in [0.05, 0.1) is 11.3 Å². The summed E-state index contributed by atoms with van der Waals surface area (Å²) >= 11 is 0. The van der Waals surface area contributed by atoms with Gasteiger partial charge in [0.25, 0.3) is 0 Å². The molecule has 0 unspecified atom stereocenters. The molecule has 4 aromatic heterocycles. The molecule has 5 rings (SSSR count). The molecule has 148 valence electrons. The maximum Gasteiger partial charge on any atom is 0.347 e. The summed E-state index contributed by atoms with van der Waals surface area (Å²) < 4.78 is 7.48. The fraction of sp³-hybridized carbons (Fsp3) is 0.318. The standard InChI is InChI=1S/C22H23N5O2/c1-2-25-9-5-11-26(13-12-25)20-8-7-16-14-17(22(28)29-21(16)24-20)18-15-27-10-4-3-6-19(27)23-18/h3-4,6-8,10,14-15H,2,5,9,11-13H2,1H3. The summed E-state index contributed by atoms with van der Waals surface area (Å²) in [4.78, 5) is 26.6. The molecule has 1 fully saturated rings. The first-order chi connectivity index (χ1) is 14.2. The van der Waals surface area contributed by atoms with Crippen molar-refractivity contribution in [3.63, 3.8) is 0 Å². The second kappa shape index (κ2) is 7.33. The van der Waals surface area contributed by atoms with E-state index in [0.717, 1.165) is 56.0 Å².